The topological polar surface area (TPSA) is 84.5 Å². The lowest BCUT2D eigenvalue weighted by Crippen LogP contribution is -2.53. The molecule has 2 amide bonds. The van der Waals surface area contributed by atoms with Crippen molar-refractivity contribution in [1.29, 1.82) is 0 Å². The van der Waals surface area contributed by atoms with E-state index in [0.717, 1.165) is 5.56 Å². The highest BCUT2D eigenvalue weighted by atomic mass is 19.1. The number of esters is 1. The normalized spacial score (nSPS) is 12.5. The summed E-state index contributed by atoms with van der Waals surface area (Å²) >= 11 is 0. The Hall–Kier alpha value is -3.22. The molecule has 0 spiro atoms. The van der Waals surface area contributed by atoms with Crippen LogP contribution in [0.3, 0.4) is 0 Å². The molecule has 0 bridgehead atoms. The summed E-state index contributed by atoms with van der Waals surface area (Å²) in [6, 6.07) is 13.1. The molecule has 0 aliphatic carbocycles. The van der Waals surface area contributed by atoms with Gasteiger partial charge in [0.1, 0.15) is 17.9 Å². The number of hydrogen-bond donors (Lipinski definition) is 2. The molecule has 0 fully saturated rings. The Balaban J connectivity index is 2.15. The zero-order chi connectivity index (χ0) is 20.5. The smallest absolute Gasteiger partial charge is 0.328 e. The van der Waals surface area contributed by atoms with Crippen LogP contribution >= 0.6 is 0 Å². The maximum absolute atomic E-state index is 13.4. The van der Waals surface area contributed by atoms with Crippen LogP contribution in [0.15, 0.2) is 54.6 Å². The van der Waals surface area contributed by atoms with Gasteiger partial charge in [0, 0.05) is 19.8 Å². The number of rotatable bonds is 8. The molecule has 6 nitrogen and oxygen atoms in total. The van der Waals surface area contributed by atoms with Crippen LogP contribution in [0, 0.1) is 5.82 Å². The van der Waals surface area contributed by atoms with E-state index in [1.807, 2.05) is 30.3 Å². The molecule has 2 aromatic rings. The van der Waals surface area contributed by atoms with E-state index in [0.29, 0.717) is 5.56 Å². The van der Waals surface area contributed by atoms with Crippen LogP contribution in [0.2, 0.25) is 0 Å². The molecule has 148 valence electrons. The fourth-order valence-corrected chi connectivity index (χ4v) is 2.81. The average molecular weight is 386 g/mol. The van der Waals surface area contributed by atoms with E-state index in [4.69, 9.17) is 4.74 Å². The van der Waals surface area contributed by atoms with Crippen molar-refractivity contribution in [2.75, 3.05) is 7.11 Å². The first-order chi connectivity index (χ1) is 13.4. The van der Waals surface area contributed by atoms with Gasteiger partial charge in [0.25, 0.3) is 0 Å². The van der Waals surface area contributed by atoms with Gasteiger partial charge in [-0.25, -0.2) is 9.18 Å². The van der Waals surface area contributed by atoms with Gasteiger partial charge in [-0.1, -0.05) is 42.5 Å². The Morgan fingerprint density at radius 1 is 0.929 bits per heavy atom. The molecule has 0 heterocycles. The molecular weight excluding hydrogens is 363 g/mol. The van der Waals surface area contributed by atoms with Gasteiger partial charge in [0.2, 0.25) is 11.8 Å². The Morgan fingerprint density at radius 2 is 1.57 bits per heavy atom. The molecule has 0 saturated carbocycles. The van der Waals surface area contributed by atoms with Crippen molar-refractivity contribution in [2.45, 2.75) is 31.8 Å². The molecule has 0 aliphatic heterocycles. The lowest BCUT2D eigenvalue weighted by atomic mass is 10.0. The van der Waals surface area contributed by atoms with Gasteiger partial charge in [-0.2, -0.15) is 0 Å². The second-order valence-corrected chi connectivity index (χ2v) is 6.36. The molecule has 2 N–H and O–H groups in total. The third-order valence-electron chi connectivity index (χ3n) is 4.11. The number of carbonyl (C=O) groups is 3. The fourth-order valence-electron chi connectivity index (χ4n) is 2.81. The summed E-state index contributed by atoms with van der Waals surface area (Å²) in [4.78, 5) is 36.4. The molecule has 2 aromatic carbocycles. The van der Waals surface area contributed by atoms with Gasteiger partial charge in [-0.05, 0) is 23.3 Å². The van der Waals surface area contributed by atoms with Gasteiger partial charge >= 0.3 is 5.97 Å². The summed E-state index contributed by atoms with van der Waals surface area (Å²) in [7, 11) is 1.24. The average Bonchev–Trinajstić information content (AvgIpc) is 2.66. The Morgan fingerprint density at radius 3 is 2.18 bits per heavy atom. The standard InChI is InChI=1S/C21H23FN2O4/c1-14(25)23-18(13-16-9-6-10-17(22)11-16)20(26)24-19(21(27)28-2)12-15-7-4-3-5-8-15/h3-11,18-19H,12-13H2,1-2H3,(H,23,25)(H,24,26)/t18-,19+/m1/s1. The highest BCUT2D eigenvalue weighted by Gasteiger charge is 2.27. The summed E-state index contributed by atoms with van der Waals surface area (Å²) in [5.74, 6) is -1.99. The molecule has 0 aliphatic rings. The summed E-state index contributed by atoms with van der Waals surface area (Å²) in [5.41, 5.74) is 1.39. The van der Waals surface area contributed by atoms with Crippen molar-refractivity contribution in [2.24, 2.45) is 0 Å². The Bertz CT molecular complexity index is 826. The second-order valence-electron chi connectivity index (χ2n) is 6.36. The molecule has 2 rings (SSSR count). The molecule has 2 atom stereocenters. The first-order valence-corrected chi connectivity index (χ1v) is 8.82. The van der Waals surface area contributed by atoms with Crippen LogP contribution in [0.5, 0.6) is 0 Å². The number of nitrogens with one attached hydrogen (secondary N) is 2. The minimum Gasteiger partial charge on any atom is -0.467 e. The minimum atomic E-state index is -0.956. The van der Waals surface area contributed by atoms with Gasteiger partial charge in [-0.3, -0.25) is 9.59 Å². The number of methoxy groups -OCH3 is 1. The van der Waals surface area contributed by atoms with Crippen LogP contribution in [0.1, 0.15) is 18.1 Å². The molecule has 0 aromatic heterocycles. The number of amides is 2. The van der Waals surface area contributed by atoms with E-state index in [-0.39, 0.29) is 12.8 Å². The Labute approximate surface area is 163 Å². The van der Waals surface area contributed by atoms with Crippen molar-refractivity contribution >= 4 is 17.8 Å². The van der Waals surface area contributed by atoms with Gasteiger partial charge in [-0.15, -0.1) is 0 Å². The first-order valence-electron chi connectivity index (χ1n) is 8.82. The molecule has 0 radical (unpaired) electrons. The van der Waals surface area contributed by atoms with E-state index in [9.17, 15) is 18.8 Å². The maximum Gasteiger partial charge on any atom is 0.328 e. The predicted octanol–water partition coefficient (Wildman–Crippen LogP) is 1.77. The fraction of sp³-hybridized carbons (Fsp3) is 0.286. The predicted molar refractivity (Wildman–Crippen MR) is 102 cm³/mol. The summed E-state index contributed by atoms with van der Waals surface area (Å²) in [6.45, 7) is 1.29. The molecule has 28 heavy (non-hydrogen) atoms. The van der Waals surface area contributed by atoms with Crippen molar-refractivity contribution < 1.29 is 23.5 Å². The van der Waals surface area contributed by atoms with E-state index in [2.05, 4.69) is 10.6 Å². The SMILES string of the molecule is COC(=O)[C@H](Cc1ccccc1)NC(=O)[C@@H](Cc1cccc(F)c1)NC(C)=O. The highest BCUT2D eigenvalue weighted by molar-refractivity contribution is 5.90. The monoisotopic (exact) mass is 386 g/mol. The Kier molecular flexibility index (Phi) is 7.68. The second kappa shape index (κ2) is 10.2. The number of ether oxygens (including phenoxy) is 1. The zero-order valence-electron chi connectivity index (χ0n) is 15.8. The van der Waals surface area contributed by atoms with Crippen molar-refractivity contribution in [3.05, 3.63) is 71.5 Å². The summed E-state index contributed by atoms with van der Waals surface area (Å²) in [6.07, 6.45) is 0.328. The van der Waals surface area contributed by atoms with Gasteiger partial charge in [0.05, 0.1) is 7.11 Å². The van der Waals surface area contributed by atoms with Crippen molar-refractivity contribution in [1.82, 2.24) is 10.6 Å². The van der Waals surface area contributed by atoms with Crippen LogP contribution in [-0.4, -0.2) is 37.0 Å². The number of benzene rings is 2. The summed E-state index contributed by atoms with van der Waals surface area (Å²) < 4.78 is 18.2. The van der Waals surface area contributed by atoms with Crippen LogP contribution in [0.4, 0.5) is 4.39 Å². The van der Waals surface area contributed by atoms with Crippen molar-refractivity contribution in [3.63, 3.8) is 0 Å². The third kappa shape index (κ3) is 6.50. The largest absolute Gasteiger partial charge is 0.467 e. The lowest BCUT2D eigenvalue weighted by Gasteiger charge is -2.22. The zero-order valence-corrected chi connectivity index (χ0v) is 15.8. The molecule has 0 unspecified atom stereocenters. The number of halogens is 1. The van der Waals surface area contributed by atoms with Crippen molar-refractivity contribution in [3.8, 4) is 0 Å². The maximum atomic E-state index is 13.4. The number of hydrogen-bond acceptors (Lipinski definition) is 4. The summed E-state index contributed by atoms with van der Waals surface area (Å²) in [5, 5.41) is 5.18. The van der Waals surface area contributed by atoms with Crippen LogP contribution < -0.4 is 10.6 Å². The van der Waals surface area contributed by atoms with Crippen LogP contribution in [0.25, 0.3) is 0 Å². The minimum absolute atomic E-state index is 0.0857. The molecule has 0 saturated heterocycles. The molecule has 7 heteroatoms. The van der Waals surface area contributed by atoms with Crippen LogP contribution in [-0.2, 0) is 32.0 Å². The highest BCUT2D eigenvalue weighted by Crippen LogP contribution is 2.09. The van der Waals surface area contributed by atoms with E-state index >= 15 is 0 Å². The third-order valence-corrected chi connectivity index (χ3v) is 4.11. The molecular formula is C21H23FN2O4. The van der Waals surface area contributed by atoms with Gasteiger partial charge < -0.3 is 15.4 Å². The first kappa shape index (κ1) is 21.1. The lowest BCUT2D eigenvalue weighted by molar-refractivity contribution is -0.145. The quantitative estimate of drug-likeness (QED) is 0.678. The van der Waals surface area contributed by atoms with E-state index < -0.39 is 35.7 Å². The van der Waals surface area contributed by atoms with E-state index in [1.54, 1.807) is 6.07 Å². The number of carbonyl (C=O) groups excluding carboxylic acids is 3. The van der Waals surface area contributed by atoms with E-state index in [1.165, 1.54) is 32.2 Å². The van der Waals surface area contributed by atoms with Gasteiger partial charge in [0.15, 0.2) is 0 Å².